The summed E-state index contributed by atoms with van der Waals surface area (Å²) in [7, 11) is 0. The van der Waals surface area contributed by atoms with Crippen LogP contribution in [-0.4, -0.2) is 36.1 Å². The Labute approximate surface area is 69.0 Å². The second-order valence-electron chi connectivity index (χ2n) is 4.25. The number of hydrogen-bond donors (Lipinski definition) is 1. The van der Waals surface area contributed by atoms with Crippen LogP contribution >= 0.6 is 0 Å². The highest BCUT2D eigenvalue weighted by Crippen LogP contribution is 2.31. The number of rotatable bonds is 1. The Morgan fingerprint density at radius 3 is 2.73 bits per heavy atom. The van der Waals surface area contributed by atoms with E-state index < -0.39 is 0 Å². The molecule has 0 bridgehead atoms. The first-order chi connectivity index (χ1) is 5.22. The number of hydrogen-bond acceptors (Lipinski definition) is 2. The quantitative estimate of drug-likeness (QED) is 0.602. The minimum Gasteiger partial charge on any atom is -0.315 e. The Hall–Kier alpha value is -0.0800. The van der Waals surface area contributed by atoms with Gasteiger partial charge in [-0.25, -0.2) is 0 Å². The maximum Gasteiger partial charge on any atom is 0.0320 e. The van der Waals surface area contributed by atoms with Crippen LogP contribution in [0.25, 0.3) is 0 Å². The van der Waals surface area contributed by atoms with E-state index in [4.69, 9.17) is 0 Å². The summed E-state index contributed by atoms with van der Waals surface area (Å²) in [5.41, 5.74) is 0.484. The average molecular weight is 154 g/mol. The molecule has 0 spiro atoms. The molecular formula is C9H18N2. The molecule has 2 rings (SSSR count). The van der Waals surface area contributed by atoms with E-state index in [0.29, 0.717) is 5.54 Å². The van der Waals surface area contributed by atoms with Crippen molar-refractivity contribution in [2.45, 2.75) is 38.3 Å². The molecule has 2 heterocycles. The molecule has 2 aliphatic heterocycles. The minimum atomic E-state index is 0.484. The number of nitrogens with one attached hydrogen (secondary N) is 1. The Bertz CT molecular complexity index is 150. The SMILES string of the molecule is CC1CCN1C1(C)CCNC1. The highest BCUT2D eigenvalue weighted by Gasteiger charge is 2.41. The van der Waals surface area contributed by atoms with Crippen molar-refractivity contribution in [2.24, 2.45) is 0 Å². The van der Waals surface area contributed by atoms with E-state index in [1.807, 2.05) is 0 Å². The van der Waals surface area contributed by atoms with Gasteiger partial charge in [0.05, 0.1) is 0 Å². The summed E-state index contributed by atoms with van der Waals surface area (Å²) < 4.78 is 0. The van der Waals surface area contributed by atoms with Crippen LogP contribution in [0, 0.1) is 0 Å². The maximum atomic E-state index is 3.44. The van der Waals surface area contributed by atoms with Gasteiger partial charge >= 0.3 is 0 Å². The van der Waals surface area contributed by atoms with E-state index in [2.05, 4.69) is 24.1 Å². The van der Waals surface area contributed by atoms with Gasteiger partial charge in [0, 0.05) is 24.7 Å². The van der Waals surface area contributed by atoms with Crippen LogP contribution in [0.1, 0.15) is 26.7 Å². The van der Waals surface area contributed by atoms with Gasteiger partial charge in [-0.2, -0.15) is 0 Å². The van der Waals surface area contributed by atoms with E-state index >= 15 is 0 Å². The van der Waals surface area contributed by atoms with Crippen LogP contribution in [0.2, 0.25) is 0 Å². The normalized spacial score (nSPS) is 45.8. The van der Waals surface area contributed by atoms with Gasteiger partial charge < -0.3 is 5.32 Å². The minimum absolute atomic E-state index is 0.484. The van der Waals surface area contributed by atoms with Crippen molar-refractivity contribution >= 4 is 0 Å². The molecule has 2 saturated heterocycles. The van der Waals surface area contributed by atoms with Crippen molar-refractivity contribution < 1.29 is 0 Å². The van der Waals surface area contributed by atoms with Gasteiger partial charge in [0.25, 0.3) is 0 Å². The zero-order valence-corrected chi connectivity index (χ0v) is 7.56. The van der Waals surface area contributed by atoms with Crippen LogP contribution in [0.3, 0.4) is 0 Å². The van der Waals surface area contributed by atoms with E-state index in [-0.39, 0.29) is 0 Å². The van der Waals surface area contributed by atoms with Crippen molar-refractivity contribution in [3.05, 3.63) is 0 Å². The topological polar surface area (TPSA) is 15.3 Å². The lowest BCUT2D eigenvalue weighted by Gasteiger charge is -2.49. The second kappa shape index (κ2) is 2.46. The molecule has 0 aromatic carbocycles. The summed E-state index contributed by atoms with van der Waals surface area (Å²) in [5, 5.41) is 3.44. The molecule has 0 aromatic heterocycles. The molecule has 2 aliphatic rings. The lowest BCUT2D eigenvalue weighted by Crippen LogP contribution is -2.59. The van der Waals surface area contributed by atoms with Gasteiger partial charge in [0.1, 0.15) is 0 Å². The molecule has 0 amide bonds. The summed E-state index contributed by atoms with van der Waals surface area (Å²) in [4.78, 5) is 2.65. The molecule has 2 heteroatoms. The molecule has 11 heavy (non-hydrogen) atoms. The van der Waals surface area contributed by atoms with Crippen molar-refractivity contribution in [3.8, 4) is 0 Å². The second-order valence-corrected chi connectivity index (χ2v) is 4.25. The lowest BCUT2D eigenvalue weighted by molar-refractivity contribution is 0.00207. The van der Waals surface area contributed by atoms with E-state index in [9.17, 15) is 0 Å². The fourth-order valence-electron chi connectivity index (χ4n) is 2.37. The predicted octanol–water partition coefficient (Wildman–Crippen LogP) is 0.833. The van der Waals surface area contributed by atoms with Gasteiger partial charge in [-0.15, -0.1) is 0 Å². The smallest absolute Gasteiger partial charge is 0.0320 e. The van der Waals surface area contributed by atoms with Crippen LogP contribution in [0.15, 0.2) is 0 Å². The summed E-state index contributed by atoms with van der Waals surface area (Å²) in [6, 6.07) is 0.833. The number of likely N-dealkylation sites (tertiary alicyclic amines) is 1. The standard InChI is InChI=1S/C9H18N2/c1-8-3-6-11(8)9(2)4-5-10-7-9/h8,10H,3-7H2,1-2H3. The molecule has 2 fully saturated rings. The fraction of sp³-hybridized carbons (Fsp3) is 1.00. The van der Waals surface area contributed by atoms with Crippen molar-refractivity contribution in [1.29, 1.82) is 0 Å². The summed E-state index contributed by atoms with van der Waals surface area (Å²) >= 11 is 0. The average Bonchev–Trinajstić information content (AvgIpc) is 2.33. The van der Waals surface area contributed by atoms with Crippen LogP contribution < -0.4 is 5.32 Å². The number of nitrogens with zero attached hydrogens (tertiary/aromatic N) is 1. The molecule has 2 unspecified atom stereocenters. The van der Waals surface area contributed by atoms with Crippen molar-refractivity contribution in [1.82, 2.24) is 10.2 Å². The fourth-order valence-corrected chi connectivity index (χ4v) is 2.37. The van der Waals surface area contributed by atoms with E-state index in [0.717, 1.165) is 6.04 Å². The Balaban J connectivity index is 2.01. The van der Waals surface area contributed by atoms with Crippen molar-refractivity contribution in [2.75, 3.05) is 19.6 Å². The van der Waals surface area contributed by atoms with Gasteiger partial charge in [0.15, 0.2) is 0 Å². The Morgan fingerprint density at radius 2 is 2.36 bits per heavy atom. The zero-order chi connectivity index (χ0) is 7.90. The maximum absolute atomic E-state index is 3.44. The molecule has 0 aliphatic carbocycles. The molecule has 0 radical (unpaired) electrons. The van der Waals surface area contributed by atoms with Gasteiger partial charge in [0.2, 0.25) is 0 Å². The van der Waals surface area contributed by atoms with Gasteiger partial charge in [-0.3, -0.25) is 4.90 Å². The Kier molecular flexibility index (Phi) is 1.69. The van der Waals surface area contributed by atoms with Gasteiger partial charge in [-0.1, -0.05) is 0 Å². The highest BCUT2D eigenvalue weighted by atomic mass is 15.3. The first-order valence-corrected chi connectivity index (χ1v) is 4.70. The largest absolute Gasteiger partial charge is 0.315 e. The molecule has 64 valence electrons. The predicted molar refractivity (Wildman–Crippen MR) is 46.7 cm³/mol. The molecule has 2 atom stereocenters. The van der Waals surface area contributed by atoms with E-state index in [1.54, 1.807) is 0 Å². The summed E-state index contributed by atoms with van der Waals surface area (Å²) in [6.07, 6.45) is 2.73. The molecule has 0 saturated carbocycles. The first-order valence-electron chi connectivity index (χ1n) is 4.70. The summed E-state index contributed by atoms with van der Waals surface area (Å²) in [5.74, 6) is 0. The van der Waals surface area contributed by atoms with Crippen molar-refractivity contribution in [3.63, 3.8) is 0 Å². The van der Waals surface area contributed by atoms with Gasteiger partial charge in [-0.05, 0) is 33.2 Å². The van der Waals surface area contributed by atoms with E-state index in [1.165, 1.54) is 32.5 Å². The van der Waals surface area contributed by atoms with Crippen LogP contribution in [0.4, 0.5) is 0 Å². The summed E-state index contributed by atoms with van der Waals surface area (Å²) in [6.45, 7) is 8.45. The molecular weight excluding hydrogens is 136 g/mol. The van der Waals surface area contributed by atoms with Crippen LogP contribution in [0.5, 0.6) is 0 Å². The molecule has 2 nitrogen and oxygen atoms in total. The first kappa shape index (κ1) is 7.56. The molecule has 1 N–H and O–H groups in total. The zero-order valence-electron chi connectivity index (χ0n) is 7.56. The third-order valence-corrected chi connectivity index (χ3v) is 3.36. The monoisotopic (exact) mass is 154 g/mol. The third kappa shape index (κ3) is 1.09. The third-order valence-electron chi connectivity index (χ3n) is 3.36. The lowest BCUT2D eigenvalue weighted by atomic mass is 9.90. The highest BCUT2D eigenvalue weighted by molar-refractivity contribution is 4.99. The molecule has 0 aromatic rings. The van der Waals surface area contributed by atoms with Crippen LogP contribution in [-0.2, 0) is 0 Å². The Morgan fingerprint density at radius 1 is 1.55 bits per heavy atom.